The fourth-order valence-electron chi connectivity index (χ4n) is 3.88. The van der Waals surface area contributed by atoms with Crippen LogP contribution in [0.5, 0.6) is 5.06 Å². The fourth-order valence-corrected chi connectivity index (χ4v) is 5.00. The minimum absolute atomic E-state index is 0.0867. The second kappa shape index (κ2) is 9.96. The van der Waals surface area contributed by atoms with Gasteiger partial charge in [-0.1, -0.05) is 55.5 Å². The predicted octanol–water partition coefficient (Wildman–Crippen LogP) is 5.60. The molecule has 3 N–H and O–H groups in total. The maximum Gasteiger partial charge on any atom is 0.175 e. The average molecular weight is 441 g/mol. The van der Waals surface area contributed by atoms with Crippen LogP contribution >= 0.6 is 11.3 Å². The van der Waals surface area contributed by atoms with Crippen LogP contribution in [0.1, 0.15) is 60.1 Å². The molecule has 0 amide bonds. The number of aliphatic hydroxyl groups excluding tert-OH is 2. The van der Waals surface area contributed by atoms with Crippen molar-refractivity contribution in [3.05, 3.63) is 75.8 Å². The number of thiophene rings is 1. The summed E-state index contributed by atoms with van der Waals surface area (Å²) in [5.41, 5.74) is 6.05. The molecular weight excluding hydrogens is 408 g/mol. The van der Waals surface area contributed by atoms with E-state index in [-0.39, 0.29) is 13.2 Å². The number of rotatable bonds is 9. The van der Waals surface area contributed by atoms with E-state index in [4.69, 9.17) is 4.74 Å². The molecule has 0 aliphatic rings. The average Bonchev–Trinajstić information content (AvgIpc) is 3.16. The molecule has 31 heavy (non-hydrogen) atoms. The molecule has 0 saturated heterocycles. The Morgan fingerprint density at radius 3 is 2.19 bits per heavy atom. The highest BCUT2D eigenvalue weighted by atomic mass is 32.1. The topological polar surface area (TPSA) is 69.9 Å². The highest BCUT2D eigenvalue weighted by Gasteiger charge is 2.25. The normalized spacial score (nSPS) is 11.7. The Morgan fingerprint density at radius 1 is 0.871 bits per heavy atom. The molecule has 0 fully saturated rings. The van der Waals surface area contributed by atoms with Crippen LogP contribution in [0.15, 0.2) is 42.5 Å². The summed E-state index contributed by atoms with van der Waals surface area (Å²) < 4.78 is 6.04. The van der Waals surface area contributed by atoms with Gasteiger partial charge in [-0.3, -0.25) is 0 Å². The van der Waals surface area contributed by atoms with E-state index in [2.05, 4.69) is 32.0 Å². The quantitative estimate of drug-likeness (QED) is 0.405. The van der Waals surface area contributed by atoms with Crippen LogP contribution in [0.25, 0.3) is 10.4 Å². The molecule has 0 aliphatic carbocycles. The van der Waals surface area contributed by atoms with Crippen molar-refractivity contribution < 1.29 is 20.1 Å². The summed E-state index contributed by atoms with van der Waals surface area (Å²) in [6.07, 6.45) is 1.38. The standard InChI is InChI=1S/C26H32O4S/c1-5-26(29,6-2)22-9-10-23(17(3)11-22)25-18(4)12-24(31-25)30-16-19-7-8-20(14-27)21(13-19)15-28/h7-13,27-29H,5-6,14-16H2,1-4H3. The summed E-state index contributed by atoms with van der Waals surface area (Å²) in [5, 5.41) is 30.5. The van der Waals surface area contributed by atoms with E-state index in [0.717, 1.165) is 44.0 Å². The zero-order valence-corrected chi connectivity index (χ0v) is 19.6. The van der Waals surface area contributed by atoms with Gasteiger partial charge in [0.05, 0.1) is 18.8 Å². The SMILES string of the molecule is CCC(O)(CC)c1ccc(-c2sc(OCc3ccc(CO)c(CO)c3)cc2C)c(C)c1. The molecule has 0 atom stereocenters. The third-order valence-electron chi connectivity index (χ3n) is 6.07. The number of ether oxygens (including phenoxy) is 1. The maximum absolute atomic E-state index is 10.8. The molecule has 3 rings (SSSR count). The Labute approximate surface area is 188 Å². The first-order valence-electron chi connectivity index (χ1n) is 10.7. The van der Waals surface area contributed by atoms with Gasteiger partial charge in [0.2, 0.25) is 0 Å². The van der Waals surface area contributed by atoms with Crippen LogP contribution in [0.3, 0.4) is 0 Å². The van der Waals surface area contributed by atoms with Crippen molar-refractivity contribution in [1.29, 1.82) is 0 Å². The lowest BCUT2D eigenvalue weighted by Crippen LogP contribution is -2.23. The first-order valence-corrected chi connectivity index (χ1v) is 11.6. The van der Waals surface area contributed by atoms with E-state index in [0.29, 0.717) is 19.4 Å². The molecule has 0 radical (unpaired) electrons. The molecule has 4 nitrogen and oxygen atoms in total. The van der Waals surface area contributed by atoms with Crippen LogP contribution in [0.4, 0.5) is 0 Å². The molecule has 3 aromatic rings. The summed E-state index contributed by atoms with van der Waals surface area (Å²) in [6, 6.07) is 13.9. The minimum atomic E-state index is -0.777. The Morgan fingerprint density at radius 2 is 1.58 bits per heavy atom. The van der Waals surface area contributed by atoms with Crippen LogP contribution in [0.2, 0.25) is 0 Å². The van der Waals surface area contributed by atoms with Crippen molar-refractivity contribution in [3.63, 3.8) is 0 Å². The Bertz CT molecular complexity index is 1030. The number of hydrogen-bond donors (Lipinski definition) is 3. The number of aliphatic hydroxyl groups is 3. The summed E-state index contributed by atoms with van der Waals surface area (Å²) in [6.45, 7) is 8.41. The third kappa shape index (κ3) is 5.01. The van der Waals surface area contributed by atoms with E-state index >= 15 is 0 Å². The van der Waals surface area contributed by atoms with Crippen molar-refractivity contribution in [2.75, 3.05) is 0 Å². The van der Waals surface area contributed by atoms with E-state index in [1.54, 1.807) is 11.3 Å². The van der Waals surface area contributed by atoms with E-state index in [9.17, 15) is 15.3 Å². The second-order valence-electron chi connectivity index (χ2n) is 8.05. The number of aryl methyl sites for hydroxylation is 2. The molecular formula is C26H32O4S. The molecule has 0 spiro atoms. The van der Waals surface area contributed by atoms with Crippen LogP contribution in [-0.4, -0.2) is 15.3 Å². The first-order chi connectivity index (χ1) is 14.8. The molecule has 1 aromatic heterocycles. The highest BCUT2D eigenvalue weighted by molar-refractivity contribution is 7.17. The lowest BCUT2D eigenvalue weighted by atomic mass is 9.86. The first kappa shape index (κ1) is 23.5. The van der Waals surface area contributed by atoms with Gasteiger partial charge in [0.1, 0.15) is 6.61 Å². The molecule has 2 aromatic carbocycles. The largest absolute Gasteiger partial charge is 0.479 e. The fraction of sp³-hybridized carbons (Fsp3) is 0.385. The predicted molar refractivity (Wildman–Crippen MR) is 126 cm³/mol. The Hall–Kier alpha value is -2.18. The molecule has 0 saturated carbocycles. The molecule has 166 valence electrons. The Balaban J connectivity index is 1.80. The van der Waals surface area contributed by atoms with Gasteiger partial charge in [-0.2, -0.15) is 0 Å². The highest BCUT2D eigenvalue weighted by Crippen LogP contribution is 2.40. The Kier molecular flexibility index (Phi) is 7.55. The van der Waals surface area contributed by atoms with Gasteiger partial charge in [0, 0.05) is 4.88 Å². The van der Waals surface area contributed by atoms with Gasteiger partial charge in [0.25, 0.3) is 0 Å². The zero-order chi connectivity index (χ0) is 22.6. The summed E-state index contributed by atoms with van der Waals surface area (Å²) in [7, 11) is 0. The van der Waals surface area contributed by atoms with Gasteiger partial charge in [-0.15, -0.1) is 0 Å². The van der Waals surface area contributed by atoms with Gasteiger partial charge in [-0.05, 0) is 77.8 Å². The molecule has 5 heteroatoms. The van der Waals surface area contributed by atoms with E-state index in [1.165, 1.54) is 4.88 Å². The number of benzene rings is 2. The summed E-state index contributed by atoms with van der Waals surface area (Å²) in [5.74, 6) is 0. The lowest BCUT2D eigenvalue weighted by molar-refractivity contribution is 0.0283. The van der Waals surface area contributed by atoms with Crippen molar-refractivity contribution in [3.8, 4) is 15.5 Å². The lowest BCUT2D eigenvalue weighted by Gasteiger charge is -2.26. The zero-order valence-electron chi connectivity index (χ0n) is 18.7. The summed E-state index contributed by atoms with van der Waals surface area (Å²) in [4.78, 5) is 1.17. The van der Waals surface area contributed by atoms with Crippen LogP contribution in [0, 0.1) is 13.8 Å². The van der Waals surface area contributed by atoms with Crippen LogP contribution < -0.4 is 4.74 Å². The van der Waals surface area contributed by atoms with Crippen molar-refractivity contribution in [1.82, 2.24) is 0 Å². The third-order valence-corrected chi connectivity index (χ3v) is 7.25. The smallest absolute Gasteiger partial charge is 0.175 e. The van der Waals surface area contributed by atoms with E-state index in [1.807, 2.05) is 38.1 Å². The number of hydrogen-bond acceptors (Lipinski definition) is 5. The van der Waals surface area contributed by atoms with Crippen LogP contribution in [-0.2, 0) is 25.4 Å². The summed E-state index contributed by atoms with van der Waals surface area (Å²) >= 11 is 1.61. The molecule has 1 heterocycles. The monoisotopic (exact) mass is 440 g/mol. The van der Waals surface area contributed by atoms with Crippen molar-refractivity contribution >= 4 is 11.3 Å². The van der Waals surface area contributed by atoms with E-state index < -0.39 is 5.60 Å². The van der Waals surface area contributed by atoms with Gasteiger partial charge in [-0.25, -0.2) is 0 Å². The molecule has 0 bridgehead atoms. The van der Waals surface area contributed by atoms with Gasteiger partial charge >= 0.3 is 0 Å². The maximum atomic E-state index is 10.8. The van der Waals surface area contributed by atoms with Crippen molar-refractivity contribution in [2.24, 2.45) is 0 Å². The second-order valence-corrected chi connectivity index (χ2v) is 9.07. The molecule has 0 aliphatic heterocycles. The minimum Gasteiger partial charge on any atom is -0.479 e. The van der Waals surface area contributed by atoms with Crippen molar-refractivity contribution in [2.45, 2.75) is 66.0 Å². The van der Waals surface area contributed by atoms with Gasteiger partial charge in [0.15, 0.2) is 5.06 Å². The molecule has 0 unspecified atom stereocenters. The van der Waals surface area contributed by atoms with Gasteiger partial charge < -0.3 is 20.1 Å².